The Morgan fingerprint density at radius 1 is 1.09 bits per heavy atom. The molecule has 0 saturated heterocycles. The summed E-state index contributed by atoms with van der Waals surface area (Å²) in [4.78, 5) is 30.6. The molecule has 0 radical (unpaired) electrons. The third kappa shape index (κ3) is 5.37. The van der Waals surface area contributed by atoms with Crippen LogP contribution in [0.1, 0.15) is 50.0 Å². The number of hydrogen-bond acceptors (Lipinski definition) is 5. The number of halogens is 2. The number of carbonyl (C=O) groups is 2. The number of methoxy groups -OCH3 is 1. The van der Waals surface area contributed by atoms with Crippen LogP contribution in [0.4, 0.5) is 25.0 Å². The molecule has 2 aliphatic rings. The summed E-state index contributed by atoms with van der Waals surface area (Å²) < 4.78 is 35.4. The summed E-state index contributed by atoms with van der Waals surface area (Å²) in [6, 6.07) is 9.73. The second-order valence-electron chi connectivity index (χ2n) is 8.56. The van der Waals surface area contributed by atoms with E-state index >= 15 is 0 Å². The molecule has 1 aromatic carbocycles. The molecule has 182 valence electrons. The highest BCUT2D eigenvalue weighted by Crippen LogP contribution is 2.45. The number of hydrogen-bond donors (Lipinski definition) is 2. The molecule has 2 N–H and O–H groups in total. The molecule has 8 nitrogen and oxygen atoms in total. The van der Waals surface area contributed by atoms with Crippen LogP contribution < -0.4 is 19.7 Å². The Morgan fingerprint density at radius 2 is 1.79 bits per heavy atom. The summed E-state index contributed by atoms with van der Waals surface area (Å²) >= 11 is 0. The van der Waals surface area contributed by atoms with Gasteiger partial charge in [0.2, 0.25) is 11.8 Å². The fraction of sp³-hybridized carbons (Fsp3) is 0.458. The number of carbonyl (C=O) groups excluding carboxylic acids is 1. The van der Waals surface area contributed by atoms with E-state index in [2.05, 4.69) is 15.0 Å². The minimum Gasteiger partial charge on any atom is -0.481 e. The molecule has 2 aliphatic carbocycles. The van der Waals surface area contributed by atoms with Crippen LogP contribution >= 0.6 is 0 Å². The predicted molar refractivity (Wildman–Crippen MR) is 121 cm³/mol. The molecule has 4 rings (SSSR count). The van der Waals surface area contributed by atoms with Gasteiger partial charge in [0.15, 0.2) is 0 Å². The zero-order valence-corrected chi connectivity index (χ0v) is 18.7. The van der Waals surface area contributed by atoms with Gasteiger partial charge in [-0.05, 0) is 62.1 Å². The number of pyridine rings is 1. The molecule has 0 bridgehead atoms. The Kier molecular flexibility index (Phi) is 7.14. The second-order valence-corrected chi connectivity index (χ2v) is 8.56. The van der Waals surface area contributed by atoms with Crippen LogP contribution in [0.25, 0.3) is 0 Å². The molecule has 2 amide bonds. The molecular formula is C24H27F2N3O5. The number of carboxylic acids is 1. The number of benzene rings is 1. The number of amides is 2. The number of ether oxygens (including phenoxy) is 2. The summed E-state index contributed by atoms with van der Waals surface area (Å²) in [7, 11) is 1.34. The van der Waals surface area contributed by atoms with E-state index in [0.29, 0.717) is 31.6 Å². The van der Waals surface area contributed by atoms with Crippen molar-refractivity contribution in [3.05, 3.63) is 42.0 Å². The van der Waals surface area contributed by atoms with Crippen LogP contribution in [0.5, 0.6) is 11.8 Å². The number of urea groups is 1. The van der Waals surface area contributed by atoms with Gasteiger partial charge < -0.3 is 19.9 Å². The van der Waals surface area contributed by atoms with E-state index in [1.807, 2.05) is 24.3 Å². The van der Waals surface area contributed by atoms with E-state index in [1.165, 1.54) is 19.2 Å². The third-order valence-electron chi connectivity index (χ3n) is 6.33. The topological polar surface area (TPSA) is 101 Å². The highest BCUT2D eigenvalue weighted by atomic mass is 19.3. The lowest BCUT2D eigenvalue weighted by Gasteiger charge is -2.37. The summed E-state index contributed by atoms with van der Waals surface area (Å²) in [6.45, 7) is -3.13. The van der Waals surface area contributed by atoms with Crippen molar-refractivity contribution in [1.29, 1.82) is 0 Å². The number of alkyl halides is 2. The highest BCUT2D eigenvalue weighted by molar-refractivity contribution is 6.03. The summed E-state index contributed by atoms with van der Waals surface area (Å²) in [5.41, 5.74) is 1.79. The lowest BCUT2D eigenvalue weighted by Crippen LogP contribution is -2.46. The van der Waals surface area contributed by atoms with Gasteiger partial charge in [-0.15, -0.1) is 0 Å². The molecular weight excluding hydrogens is 448 g/mol. The summed E-state index contributed by atoms with van der Waals surface area (Å²) in [6.07, 6.45) is 4.02. The van der Waals surface area contributed by atoms with Crippen molar-refractivity contribution in [2.24, 2.45) is 5.92 Å². The molecule has 10 heteroatoms. The lowest BCUT2D eigenvalue weighted by atomic mass is 9.85. The number of nitrogens with zero attached hydrogens (tertiary/aromatic N) is 2. The maximum absolute atomic E-state index is 13.6. The van der Waals surface area contributed by atoms with Crippen molar-refractivity contribution in [1.82, 2.24) is 4.98 Å². The third-order valence-corrected chi connectivity index (χ3v) is 6.33. The molecule has 0 aliphatic heterocycles. The average Bonchev–Trinajstić information content (AvgIpc) is 3.66. The highest BCUT2D eigenvalue weighted by Gasteiger charge is 2.36. The lowest BCUT2D eigenvalue weighted by molar-refractivity contribution is -0.142. The zero-order chi connectivity index (χ0) is 24.2. The Labute approximate surface area is 195 Å². The monoisotopic (exact) mass is 475 g/mol. The van der Waals surface area contributed by atoms with Crippen LogP contribution in [0.2, 0.25) is 0 Å². The first-order chi connectivity index (χ1) is 16.4. The van der Waals surface area contributed by atoms with Crippen molar-refractivity contribution in [3.63, 3.8) is 0 Å². The van der Waals surface area contributed by atoms with Crippen molar-refractivity contribution in [2.75, 3.05) is 17.3 Å². The van der Waals surface area contributed by atoms with E-state index in [-0.39, 0.29) is 17.6 Å². The maximum atomic E-state index is 13.6. The number of carboxylic acid groups (broad SMARTS) is 1. The standard InChI is InChI=1S/C24H27F2N3O5/c1-33-20-13-12-18(21(28-20)34-23(25)26)27-24(32)29(16-10-8-15(9-11-16)22(30)31)19-5-3-2-4-17(19)14-6-7-14/h2-5,12-16,23H,6-11H2,1H3,(H,27,32)(H,30,31). The molecule has 1 aromatic heterocycles. The second kappa shape index (κ2) is 10.2. The number of aliphatic carboxylic acids is 1. The van der Waals surface area contributed by atoms with Gasteiger partial charge in [-0.25, -0.2) is 4.79 Å². The van der Waals surface area contributed by atoms with Crippen molar-refractivity contribution >= 4 is 23.4 Å². The maximum Gasteiger partial charge on any atom is 0.388 e. The van der Waals surface area contributed by atoms with Gasteiger partial charge in [-0.2, -0.15) is 13.8 Å². The first-order valence-electron chi connectivity index (χ1n) is 11.3. The van der Waals surface area contributed by atoms with Crippen LogP contribution in [0.15, 0.2) is 36.4 Å². The zero-order valence-electron chi connectivity index (χ0n) is 18.7. The van der Waals surface area contributed by atoms with E-state index in [9.17, 15) is 23.5 Å². The number of nitrogens with one attached hydrogen (secondary N) is 1. The van der Waals surface area contributed by atoms with Gasteiger partial charge in [0.05, 0.1) is 13.0 Å². The predicted octanol–water partition coefficient (Wildman–Crippen LogP) is 5.25. The van der Waals surface area contributed by atoms with Crippen molar-refractivity contribution in [3.8, 4) is 11.8 Å². The van der Waals surface area contributed by atoms with Crippen molar-refractivity contribution in [2.45, 2.75) is 57.1 Å². The minimum absolute atomic E-state index is 0.0146. The largest absolute Gasteiger partial charge is 0.481 e. The Balaban J connectivity index is 1.65. The first kappa shape index (κ1) is 23.7. The molecule has 0 spiro atoms. The van der Waals surface area contributed by atoms with Gasteiger partial charge in [-0.3, -0.25) is 9.69 Å². The number of rotatable bonds is 8. The molecule has 2 fully saturated rings. The first-order valence-corrected chi connectivity index (χ1v) is 11.3. The van der Waals surface area contributed by atoms with Crippen LogP contribution in [0.3, 0.4) is 0 Å². The van der Waals surface area contributed by atoms with Crippen LogP contribution in [0, 0.1) is 5.92 Å². The number of anilines is 2. The van der Waals surface area contributed by atoms with Crippen LogP contribution in [-0.4, -0.2) is 41.9 Å². The van der Waals surface area contributed by atoms with E-state index in [1.54, 1.807) is 4.90 Å². The Bertz CT molecular complexity index is 1040. The SMILES string of the molecule is COc1ccc(NC(=O)N(c2ccccc2C2CC2)C2CCC(C(=O)O)CC2)c(OC(F)F)n1. The molecule has 1 heterocycles. The van der Waals surface area contributed by atoms with Gasteiger partial charge in [0.1, 0.15) is 5.69 Å². The Morgan fingerprint density at radius 3 is 2.41 bits per heavy atom. The minimum atomic E-state index is -3.13. The van der Waals surface area contributed by atoms with Gasteiger partial charge >= 0.3 is 18.6 Å². The van der Waals surface area contributed by atoms with Crippen molar-refractivity contribution < 1.29 is 33.0 Å². The average molecular weight is 475 g/mol. The number of aromatic nitrogens is 1. The molecule has 2 saturated carbocycles. The molecule has 34 heavy (non-hydrogen) atoms. The van der Waals surface area contributed by atoms with E-state index in [0.717, 1.165) is 24.1 Å². The van der Waals surface area contributed by atoms with Crippen LogP contribution in [-0.2, 0) is 4.79 Å². The summed E-state index contributed by atoms with van der Waals surface area (Å²) in [5.74, 6) is -1.28. The van der Waals surface area contributed by atoms with Gasteiger partial charge in [-0.1, -0.05) is 18.2 Å². The quantitative estimate of drug-likeness (QED) is 0.541. The molecule has 2 aromatic rings. The smallest absolute Gasteiger partial charge is 0.388 e. The normalized spacial score (nSPS) is 20.0. The van der Waals surface area contributed by atoms with Gasteiger partial charge in [0, 0.05) is 17.8 Å². The van der Waals surface area contributed by atoms with E-state index in [4.69, 9.17) is 4.74 Å². The fourth-order valence-electron chi connectivity index (χ4n) is 4.48. The number of para-hydroxylation sites is 1. The molecule has 0 atom stereocenters. The molecule has 0 unspecified atom stereocenters. The van der Waals surface area contributed by atoms with E-state index < -0.39 is 30.4 Å². The summed E-state index contributed by atoms with van der Waals surface area (Å²) in [5, 5.41) is 12.0. The fourth-order valence-corrected chi connectivity index (χ4v) is 4.48. The van der Waals surface area contributed by atoms with Gasteiger partial charge in [0.25, 0.3) is 0 Å². The Hall–Kier alpha value is -3.43.